The zero-order valence-electron chi connectivity index (χ0n) is 10.7. The molecule has 0 saturated carbocycles. The van der Waals surface area contributed by atoms with Gasteiger partial charge in [0.25, 0.3) is 5.91 Å². The Bertz CT molecular complexity index is 444. The molecule has 104 valence electrons. The van der Waals surface area contributed by atoms with E-state index >= 15 is 0 Å². The average molecular weight is 304 g/mol. The van der Waals surface area contributed by atoms with Crippen molar-refractivity contribution in [3.63, 3.8) is 0 Å². The first-order valence-electron chi connectivity index (χ1n) is 5.76. The van der Waals surface area contributed by atoms with Crippen LogP contribution in [0, 0.1) is 5.92 Å². The highest BCUT2D eigenvalue weighted by molar-refractivity contribution is 6.54. The average Bonchev–Trinajstić information content (AvgIpc) is 2.36. The molecule has 1 N–H and O–H groups in total. The number of esters is 1. The van der Waals surface area contributed by atoms with Gasteiger partial charge >= 0.3 is 5.97 Å². The van der Waals surface area contributed by atoms with Crippen LogP contribution in [0.2, 0.25) is 0 Å². The molecule has 0 aromatic heterocycles. The third kappa shape index (κ3) is 5.49. The summed E-state index contributed by atoms with van der Waals surface area (Å²) in [5, 5.41) is 2.50. The topological polar surface area (TPSA) is 55.4 Å². The van der Waals surface area contributed by atoms with Crippen molar-refractivity contribution in [1.82, 2.24) is 0 Å². The predicted octanol–water partition coefficient (Wildman–Crippen LogP) is 3.24. The molecule has 19 heavy (non-hydrogen) atoms. The molecule has 0 bridgehead atoms. The first-order chi connectivity index (χ1) is 8.90. The van der Waals surface area contributed by atoms with Gasteiger partial charge in [0.15, 0.2) is 4.84 Å². The lowest BCUT2D eigenvalue weighted by atomic mass is 10.2. The van der Waals surface area contributed by atoms with E-state index in [0.717, 1.165) is 0 Å². The molecular formula is C13H15Cl2NO3. The molecule has 1 rings (SSSR count). The molecule has 0 aliphatic rings. The summed E-state index contributed by atoms with van der Waals surface area (Å²) in [7, 11) is 0. The number of halogens is 2. The number of hydrogen-bond donors (Lipinski definition) is 1. The number of hydrogen-bond acceptors (Lipinski definition) is 3. The van der Waals surface area contributed by atoms with E-state index in [0.29, 0.717) is 17.9 Å². The van der Waals surface area contributed by atoms with Crippen LogP contribution >= 0.6 is 23.2 Å². The number of amides is 1. The molecule has 0 atom stereocenters. The summed E-state index contributed by atoms with van der Waals surface area (Å²) in [5.74, 6) is -0.621. The lowest BCUT2D eigenvalue weighted by Gasteiger charge is -2.08. The minimum Gasteiger partial charge on any atom is -0.462 e. The molecule has 1 amide bonds. The standard InChI is InChI=1S/C13H15Cl2NO3/c1-8(2)7-19-13(18)9-3-5-10(6-4-9)16-12(17)11(14)15/h3-6,8,11H,7H2,1-2H3,(H,16,17). The maximum Gasteiger partial charge on any atom is 0.338 e. The molecule has 0 spiro atoms. The first-order valence-corrected chi connectivity index (χ1v) is 6.63. The lowest BCUT2D eigenvalue weighted by Crippen LogP contribution is -2.18. The number of alkyl halides is 2. The quantitative estimate of drug-likeness (QED) is 0.671. The minimum atomic E-state index is -1.13. The van der Waals surface area contributed by atoms with Gasteiger partial charge in [-0.25, -0.2) is 4.79 Å². The third-order valence-electron chi connectivity index (χ3n) is 2.13. The molecule has 1 aromatic rings. The molecule has 0 radical (unpaired) electrons. The smallest absolute Gasteiger partial charge is 0.338 e. The van der Waals surface area contributed by atoms with E-state index in [2.05, 4.69) is 5.32 Å². The second-order valence-electron chi connectivity index (χ2n) is 4.36. The Morgan fingerprint density at radius 2 is 1.79 bits per heavy atom. The third-order valence-corrected chi connectivity index (χ3v) is 2.53. The van der Waals surface area contributed by atoms with Crippen LogP contribution in [0.15, 0.2) is 24.3 Å². The van der Waals surface area contributed by atoms with Crippen LogP contribution in [0.25, 0.3) is 0 Å². The molecule has 0 aliphatic heterocycles. The predicted molar refractivity (Wildman–Crippen MR) is 75.7 cm³/mol. The van der Waals surface area contributed by atoms with E-state index < -0.39 is 10.7 Å². The van der Waals surface area contributed by atoms with E-state index in [-0.39, 0.29) is 11.9 Å². The Hall–Kier alpha value is -1.26. The molecule has 0 fully saturated rings. The number of rotatable bonds is 5. The van der Waals surface area contributed by atoms with E-state index in [1.54, 1.807) is 24.3 Å². The van der Waals surface area contributed by atoms with Crippen molar-refractivity contribution < 1.29 is 14.3 Å². The van der Waals surface area contributed by atoms with Gasteiger partial charge in [0.1, 0.15) is 0 Å². The Balaban J connectivity index is 2.61. The summed E-state index contributed by atoms with van der Waals surface area (Å²) in [6, 6.07) is 6.30. The molecule has 1 aromatic carbocycles. The Morgan fingerprint density at radius 3 is 2.26 bits per heavy atom. The maximum atomic E-state index is 11.6. The number of ether oxygens (including phenoxy) is 1. The van der Waals surface area contributed by atoms with Crippen molar-refractivity contribution in [1.29, 1.82) is 0 Å². The Kier molecular flexibility index (Phi) is 6.12. The van der Waals surface area contributed by atoms with Crippen molar-refractivity contribution in [3.8, 4) is 0 Å². The molecule has 0 aliphatic carbocycles. The summed E-state index contributed by atoms with van der Waals surface area (Å²) in [4.78, 5) is 21.8. The highest BCUT2D eigenvalue weighted by Gasteiger charge is 2.12. The highest BCUT2D eigenvalue weighted by atomic mass is 35.5. The summed E-state index contributed by atoms with van der Waals surface area (Å²) >= 11 is 10.8. The summed E-state index contributed by atoms with van der Waals surface area (Å²) in [5.41, 5.74) is 0.934. The molecule has 6 heteroatoms. The van der Waals surface area contributed by atoms with Crippen molar-refractivity contribution in [3.05, 3.63) is 29.8 Å². The van der Waals surface area contributed by atoms with E-state index in [1.807, 2.05) is 13.8 Å². The minimum absolute atomic E-state index is 0.284. The number of anilines is 1. The number of carbonyl (C=O) groups excluding carboxylic acids is 2. The van der Waals surface area contributed by atoms with Crippen LogP contribution in [-0.2, 0) is 9.53 Å². The van der Waals surface area contributed by atoms with E-state index in [1.165, 1.54) is 0 Å². The van der Waals surface area contributed by atoms with Crippen LogP contribution in [0.1, 0.15) is 24.2 Å². The van der Waals surface area contributed by atoms with Gasteiger partial charge in [0.2, 0.25) is 0 Å². The van der Waals surface area contributed by atoms with Gasteiger partial charge in [0, 0.05) is 5.69 Å². The normalized spacial score (nSPS) is 10.6. The van der Waals surface area contributed by atoms with Crippen molar-refractivity contribution in [2.45, 2.75) is 18.7 Å². The number of carbonyl (C=O) groups is 2. The van der Waals surface area contributed by atoms with Crippen LogP contribution in [-0.4, -0.2) is 23.3 Å². The van der Waals surface area contributed by atoms with Gasteiger partial charge in [-0.05, 0) is 30.2 Å². The van der Waals surface area contributed by atoms with E-state index in [4.69, 9.17) is 27.9 Å². The van der Waals surface area contributed by atoms with Crippen molar-refractivity contribution >= 4 is 40.8 Å². The van der Waals surface area contributed by atoms with Gasteiger partial charge in [0.05, 0.1) is 12.2 Å². The van der Waals surface area contributed by atoms with Gasteiger partial charge in [-0.15, -0.1) is 0 Å². The second-order valence-corrected chi connectivity index (χ2v) is 5.46. The van der Waals surface area contributed by atoms with Crippen LogP contribution in [0.3, 0.4) is 0 Å². The van der Waals surface area contributed by atoms with Gasteiger partial charge in [-0.1, -0.05) is 37.0 Å². The molecule has 4 nitrogen and oxygen atoms in total. The summed E-state index contributed by atoms with van der Waals surface area (Å²) in [6.45, 7) is 4.29. The number of nitrogens with one attached hydrogen (secondary N) is 1. The van der Waals surface area contributed by atoms with Crippen molar-refractivity contribution in [2.24, 2.45) is 5.92 Å². The molecule has 0 saturated heterocycles. The van der Waals surface area contributed by atoms with Crippen LogP contribution in [0.5, 0.6) is 0 Å². The Morgan fingerprint density at radius 1 is 1.21 bits per heavy atom. The first kappa shape index (κ1) is 15.8. The molecule has 0 heterocycles. The largest absolute Gasteiger partial charge is 0.462 e. The fraction of sp³-hybridized carbons (Fsp3) is 0.385. The fourth-order valence-corrected chi connectivity index (χ4v) is 1.32. The summed E-state index contributed by atoms with van der Waals surface area (Å²) < 4.78 is 5.08. The summed E-state index contributed by atoms with van der Waals surface area (Å²) in [6.07, 6.45) is 0. The van der Waals surface area contributed by atoms with Crippen LogP contribution in [0.4, 0.5) is 5.69 Å². The monoisotopic (exact) mass is 303 g/mol. The highest BCUT2D eigenvalue weighted by Crippen LogP contribution is 2.13. The fourth-order valence-electron chi connectivity index (χ4n) is 1.21. The van der Waals surface area contributed by atoms with Gasteiger partial charge in [-0.3, -0.25) is 4.79 Å². The molecule has 0 unspecified atom stereocenters. The zero-order valence-corrected chi connectivity index (χ0v) is 12.2. The van der Waals surface area contributed by atoms with Gasteiger partial charge in [-0.2, -0.15) is 0 Å². The second kappa shape index (κ2) is 7.36. The molecular weight excluding hydrogens is 289 g/mol. The lowest BCUT2D eigenvalue weighted by molar-refractivity contribution is -0.114. The van der Waals surface area contributed by atoms with Crippen LogP contribution < -0.4 is 5.32 Å². The van der Waals surface area contributed by atoms with Gasteiger partial charge < -0.3 is 10.1 Å². The SMILES string of the molecule is CC(C)COC(=O)c1ccc(NC(=O)C(Cl)Cl)cc1. The zero-order chi connectivity index (χ0) is 14.4. The Labute approximate surface area is 122 Å². The van der Waals surface area contributed by atoms with E-state index in [9.17, 15) is 9.59 Å². The van der Waals surface area contributed by atoms with Crippen molar-refractivity contribution in [2.75, 3.05) is 11.9 Å². The maximum absolute atomic E-state index is 11.6. The number of benzene rings is 1.